The summed E-state index contributed by atoms with van der Waals surface area (Å²) in [7, 11) is 0. The van der Waals surface area contributed by atoms with E-state index in [4.69, 9.17) is 0 Å². The van der Waals surface area contributed by atoms with E-state index in [0.717, 1.165) is 36.4 Å². The lowest BCUT2D eigenvalue weighted by atomic mass is 10.3. The van der Waals surface area contributed by atoms with Gasteiger partial charge in [0.1, 0.15) is 11.6 Å². The Morgan fingerprint density at radius 1 is 0.920 bits per heavy atom. The van der Waals surface area contributed by atoms with Crippen LogP contribution in [0.4, 0.5) is 42.6 Å². The van der Waals surface area contributed by atoms with E-state index in [9.17, 15) is 31.1 Å². The number of rotatable bonds is 3. The third kappa shape index (κ3) is 5.86. The Bertz CT molecular complexity index is 726. The van der Waals surface area contributed by atoms with E-state index in [1.54, 1.807) is 0 Å². The van der Waals surface area contributed by atoms with Crippen LogP contribution in [-0.4, -0.2) is 17.4 Å². The van der Waals surface area contributed by atoms with E-state index in [1.807, 2.05) is 0 Å². The number of nitrogens with one attached hydrogen (secondary N) is 2. The zero-order valence-electron chi connectivity index (χ0n) is 12.1. The maximum absolute atomic E-state index is 12.4. The summed E-state index contributed by atoms with van der Waals surface area (Å²) in [6.07, 6.45) is -8.83. The van der Waals surface area contributed by atoms with Crippen LogP contribution in [0.25, 0.3) is 0 Å². The number of ether oxygens (including phenoxy) is 1. The van der Waals surface area contributed by atoms with E-state index in [2.05, 4.69) is 20.4 Å². The average Bonchev–Trinajstić information content (AvgIpc) is 2.47. The molecule has 0 aliphatic carbocycles. The number of amides is 2. The number of nitrogens with zero attached hydrogens (tertiary/aromatic N) is 1. The highest BCUT2D eigenvalue weighted by atomic mass is 19.4. The predicted molar refractivity (Wildman–Crippen MR) is 75.0 cm³/mol. The van der Waals surface area contributed by atoms with Gasteiger partial charge in [-0.1, -0.05) is 0 Å². The van der Waals surface area contributed by atoms with Crippen LogP contribution < -0.4 is 15.4 Å². The lowest BCUT2D eigenvalue weighted by Crippen LogP contribution is -2.20. The number of hydrogen-bond acceptors (Lipinski definition) is 3. The molecule has 0 unspecified atom stereocenters. The highest BCUT2D eigenvalue weighted by molar-refractivity contribution is 5.99. The Balaban J connectivity index is 1.94. The fourth-order valence-electron chi connectivity index (χ4n) is 1.65. The van der Waals surface area contributed by atoms with Crippen LogP contribution in [0.1, 0.15) is 5.56 Å². The first-order valence-corrected chi connectivity index (χ1v) is 6.50. The van der Waals surface area contributed by atoms with Gasteiger partial charge < -0.3 is 10.1 Å². The first-order chi connectivity index (χ1) is 11.5. The second-order valence-electron chi connectivity index (χ2n) is 4.58. The van der Waals surface area contributed by atoms with Gasteiger partial charge in [-0.05, 0) is 36.4 Å². The summed E-state index contributed by atoms with van der Waals surface area (Å²) in [5, 5.41) is 4.46. The van der Waals surface area contributed by atoms with Crippen LogP contribution in [0, 0.1) is 0 Å². The fourth-order valence-corrected chi connectivity index (χ4v) is 1.65. The molecule has 2 amide bonds. The van der Waals surface area contributed by atoms with Gasteiger partial charge in [-0.3, -0.25) is 5.32 Å². The van der Waals surface area contributed by atoms with Crippen molar-refractivity contribution in [2.24, 2.45) is 0 Å². The molecule has 0 saturated heterocycles. The first-order valence-electron chi connectivity index (χ1n) is 6.50. The van der Waals surface area contributed by atoms with E-state index >= 15 is 0 Å². The zero-order chi connectivity index (χ0) is 18.7. The van der Waals surface area contributed by atoms with Gasteiger partial charge in [0, 0.05) is 11.9 Å². The summed E-state index contributed by atoms with van der Waals surface area (Å²) < 4.78 is 76.9. The summed E-state index contributed by atoms with van der Waals surface area (Å²) in [6, 6.07) is 5.14. The van der Waals surface area contributed by atoms with Gasteiger partial charge in [0.2, 0.25) is 0 Å². The molecule has 0 bridgehead atoms. The second kappa shape index (κ2) is 6.87. The summed E-state index contributed by atoms with van der Waals surface area (Å²) in [4.78, 5) is 15.1. The number of hydrogen-bond donors (Lipinski definition) is 2. The molecule has 2 rings (SSSR count). The molecule has 0 aliphatic heterocycles. The zero-order valence-corrected chi connectivity index (χ0v) is 12.1. The van der Waals surface area contributed by atoms with Crippen molar-refractivity contribution in [3.8, 4) is 5.75 Å². The number of carbonyl (C=O) groups is 1. The molecule has 1 aromatic heterocycles. The summed E-state index contributed by atoms with van der Waals surface area (Å²) >= 11 is 0. The van der Waals surface area contributed by atoms with Crippen molar-refractivity contribution in [1.82, 2.24) is 4.98 Å². The van der Waals surface area contributed by atoms with Gasteiger partial charge in [-0.25, -0.2) is 9.78 Å². The molecule has 0 atom stereocenters. The fraction of sp³-hybridized carbons (Fsp3) is 0.143. The van der Waals surface area contributed by atoms with Crippen molar-refractivity contribution < 1.29 is 35.9 Å². The Morgan fingerprint density at radius 3 is 2.04 bits per heavy atom. The Hall–Kier alpha value is -2.98. The molecule has 0 aliphatic rings. The van der Waals surface area contributed by atoms with Gasteiger partial charge in [-0.2, -0.15) is 13.2 Å². The Morgan fingerprint density at radius 2 is 1.56 bits per heavy atom. The van der Waals surface area contributed by atoms with Crippen LogP contribution >= 0.6 is 0 Å². The number of alkyl halides is 6. The monoisotopic (exact) mass is 365 g/mol. The number of pyridine rings is 1. The lowest BCUT2D eigenvalue weighted by molar-refractivity contribution is -0.274. The van der Waals surface area contributed by atoms with Gasteiger partial charge >= 0.3 is 18.6 Å². The summed E-state index contributed by atoms with van der Waals surface area (Å²) in [6.45, 7) is 0. The van der Waals surface area contributed by atoms with Crippen LogP contribution in [0.5, 0.6) is 5.75 Å². The molecule has 2 N–H and O–H groups in total. The van der Waals surface area contributed by atoms with Crippen molar-refractivity contribution >= 4 is 17.5 Å². The molecular formula is C14H9F6N3O2. The normalized spacial score (nSPS) is 11.8. The van der Waals surface area contributed by atoms with Crippen LogP contribution in [-0.2, 0) is 6.18 Å². The number of benzene rings is 1. The third-order valence-corrected chi connectivity index (χ3v) is 2.68. The molecular weight excluding hydrogens is 356 g/mol. The van der Waals surface area contributed by atoms with Crippen LogP contribution in [0.15, 0.2) is 42.6 Å². The third-order valence-electron chi connectivity index (χ3n) is 2.68. The number of urea groups is 1. The van der Waals surface area contributed by atoms with E-state index in [1.165, 1.54) is 0 Å². The highest BCUT2D eigenvalue weighted by Crippen LogP contribution is 2.29. The SMILES string of the molecule is O=C(Nc1ccc(OC(F)(F)F)cc1)Nc1ccc(C(F)(F)F)cn1. The standard InChI is InChI=1S/C14H9F6N3O2/c15-13(16,17)8-1-6-11(21-7-8)23-12(24)22-9-2-4-10(5-3-9)25-14(18,19)20/h1-7H,(H2,21,22,23,24). The molecule has 134 valence electrons. The molecule has 0 spiro atoms. The molecule has 1 heterocycles. The molecule has 5 nitrogen and oxygen atoms in total. The van der Waals surface area contributed by atoms with Crippen molar-refractivity contribution in [2.75, 3.05) is 10.6 Å². The smallest absolute Gasteiger partial charge is 0.406 e. The molecule has 2 aromatic rings. The van der Waals surface area contributed by atoms with Gasteiger partial charge in [-0.15, -0.1) is 13.2 Å². The Labute approximate surface area is 136 Å². The van der Waals surface area contributed by atoms with E-state index < -0.39 is 29.9 Å². The van der Waals surface area contributed by atoms with Crippen molar-refractivity contribution in [3.05, 3.63) is 48.2 Å². The average molecular weight is 365 g/mol. The number of aromatic nitrogens is 1. The Kier molecular flexibility index (Phi) is 5.04. The minimum atomic E-state index is -4.83. The topological polar surface area (TPSA) is 63.2 Å². The first kappa shape index (κ1) is 18.4. The molecule has 11 heteroatoms. The van der Waals surface area contributed by atoms with Crippen LogP contribution in [0.3, 0.4) is 0 Å². The largest absolute Gasteiger partial charge is 0.573 e. The maximum Gasteiger partial charge on any atom is 0.573 e. The van der Waals surface area contributed by atoms with Gasteiger partial charge in [0.25, 0.3) is 0 Å². The minimum absolute atomic E-state index is 0.137. The predicted octanol–water partition coefficient (Wildman–Crippen LogP) is 4.64. The number of carbonyl (C=O) groups excluding carboxylic acids is 1. The second-order valence-corrected chi connectivity index (χ2v) is 4.58. The highest BCUT2D eigenvalue weighted by Gasteiger charge is 2.31. The van der Waals surface area contributed by atoms with Gasteiger partial charge in [0.05, 0.1) is 5.56 Å². The molecule has 0 saturated carbocycles. The molecule has 1 aromatic carbocycles. The molecule has 25 heavy (non-hydrogen) atoms. The van der Waals surface area contributed by atoms with Crippen molar-refractivity contribution in [2.45, 2.75) is 12.5 Å². The van der Waals surface area contributed by atoms with E-state index in [0.29, 0.717) is 6.20 Å². The van der Waals surface area contributed by atoms with E-state index in [-0.39, 0.29) is 11.5 Å². The van der Waals surface area contributed by atoms with Crippen molar-refractivity contribution in [1.29, 1.82) is 0 Å². The lowest BCUT2D eigenvalue weighted by Gasteiger charge is -2.11. The summed E-state index contributed by atoms with van der Waals surface area (Å²) in [5.74, 6) is -0.606. The van der Waals surface area contributed by atoms with Gasteiger partial charge in [0.15, 0.2) is 0 Å². The summed E-state index contributed by atoms with van der Waals surface area (Å²) in [5.41, 5.74) is -0.836. The minimum Gasteiger partial charge on any atom is -0.406 e. The maximum atomic E-state index is 12.4. The van der Waals surface area contributed by atoms with Crippen molar-refractivity contribution in [3.63, 3.8) is 0 Å². The molecule has 0 fully saturated rings. The number of halogens is 6. The van der Waals surface area contributed by atoms with Crippen LogP contribution in [0.2, 0.25) is 0 Å². The molecule has 0 radical (unpaired) electrons. The quantitative estimate of drug-likeness (QED) is 0.779. The number of anilines is 2.